The topological polar surface area (TPSA) is 64.6 Å². The molecule has 106 valence electrons. The lowest BCUT2D eigenvalue weighted by atomic mass is 9.75. The SMILES string of the molecule is COC(=O)[C@@H]1C(=O)N[C@]2(C)C[C@H]1c1cc(Cl)ccc1O2. The number of halogens is 1. The third kappa shape index (κ3) is 1.93. The monoisotopic (exact) mass is 295 g/mol. The smallest absolute Gasteiger partial charge is 0.318 e. The molecule has 1 fully saturated rings. The fourth-order valence-corrected chi connectivity index (χ4v) is 3.19. The van der Waals surface area contributed by atoms with Crippen LogP contribution in [0.4, 0.5) is 0 Å². The third-order valence-corrected chi connectivity index (χ3v) is 4.08. The number of esters is 1. The summed E-state index contributed by atoms with van der Waals surface area (Å²) in [6, 6.07) is 5.23. The lowest BCUT2D eigenvalue weighted by Gasteiger charge is -2.46. The predicted molar refractivity (Wildman–Crippen MR) is 71.5 cm³/mol. The second-order valence-corrected chi connectivity index (χ2v) is 5.75. The molecule has 2 bridgehead atoms. The molecule has 0 spiro atoms. The molecule has 0 radical (unpaired) electrons. The molecule has 2 aliphatic rings. The zero-order chi connectivity index (χ0) is 14.5. The van der Waals surface area contributed by atoms with Gasteiger partial charge in [0.05, 0.1) is 7.11 Å². The minimum absolute atomic E-state index is 0.288. The maximum absolute atomic E-state index is 12.2. The van der Waals surface area contributed by atoms with Crippen LogP contribution in [0, 0.1) is 5.92 Å². The highest BCUT2D eigenvalue weighted by molar-refractivity contribution is 6.30. The molecule has 1 N–H and O–H groups in total. The molecule has 5 nitrogen and oxygen atoms in total. The Morgan fingerprint density at radius 3 is 3.00 bits per heavy atom. The number of carbonyl (C=O) groups excluding carboxylic acids is 2. The van der Waals surface area contributed by atoms with E-state index in [2.05, 4.69) is 5.32 Å². The quantitative estimate of drug-likeness (QED) is 0.634. The van der Waals surface area contributed by atoms with E-state index in [1.165, 1.54) is 7.11 Å². The van der Waals surface area contributed by atoms with Gasteiger partial charge in [0.1, 0.15) is 11.7 Å². The number of benzene rings is 1. The second-order valence-electron chi connectivity index (χ2n) is 5.32. The summed E-state index contributed by atoms with van der Waals surface area (Å²) in [5.74, 6) is -1.43. The first kappa shape index (κ1) is 13.2. The van der Waals surface area contributed by atoms with Gasteiger partial charge in [0.15, 0.2) is 5.72 Å². The van der Waals surface area contributed by atoms with Gasteiger partial charge in [-0.25, -0.2) is 0 Å². The molecule has 1 aromatic rings. The van der Waals surface area contributed by atoms with Gasteiger partial charge < -0.3 is 14.8 Å². The number of nitrogens with one attached hydrogen (secondary N) is 1. The lowest BCUT2D eigenvalue weighted by molar-refractivity contribution is -0.158. The van der Waals surface area contributed by atoms with Gasteiger partial charge in [-0.05, 0) is 25.1 Å². The Morgan fingerprint density at radius 2 is 2.30 bits per heavy atom. The van der Waals surface area contributed by atoms with Gasteiger partial charge in [-0.1, -0.05) is 11.6 Å². The molecule has 1 aromatic carbocycles. The van der Waals surface area contributed by atoms with E-state index in [0.29, 0.717) is 17.2 Å². The minimum atomic E-state index is -0.866. The fraction of sp³-hybridized carbons (Fsp3) is 0.429. The number of ether oxygens (including phenoxy) is 2. The highest BCUT2D eigenvalue weighted by atomic mass is 35.5. The molecule has 0 unspecified atom stereocenters. The van der Waals surface area contributed by atoms with E-state index in [0.717, 1.165) is 5.56 Å². The molecule has 3 atom stereocenters. The van der Waals surface area contributed by atoms with Crippen molar-refractivity contribution in [1.82, 2.24) is 5.32 Å². The summed E-state index contributed by atoms with van der Waals surface area (Å²) >= 11 is 6.01. The number of carbonyl (C=O) groups is 2. The average molecular weight is 296 g/mol. The molecule has 1 saturated heterocycles. The van der Waals surface area contributed by atoms with Crippen LogP contribution in [0.5, 0.6) is 5.75 Å². The van der Waals surface area contributed by atoms with Crippen molar-refractivity contribution in [2.75, 3.05) is 7.11 Å². The largest absolute Gasteiger partial charge is 0.468 e. The number of piperidine rings is 1. The van der Waals surface area contributed by atoms with E-state index >= 15 is 0 Å². The normalized spacial score (nSPS) is 30.9. The molecule has 0 aliphatic carbocycles. The van der Waals surface area contributed by atoms with Crippen molar-refractivity contribution < 1.29 is 19.1 Å². The maximum atomic E-state index is 12.2. The number of methoxy groups -OCH3 is 1. The minimum Gasteiger partial charge on any atom is -0.468 e. The summed E-state index contributed by atoms with van der Waals surface area (Å²) in [7, 11) is 1.28. The molecule has 3 rings (SSSR count). The molecule has 20 heavy (non-hydrogen) atoms. The Hall–Kier alpha value is -1.75. The van der Waals surface area contributed by atoms with Gasteiger partial charge in [0.2, 0.25) is 5.91 Å². The maximum Gasteiger partial charge on any atom is 0.318 e. The van der Waals surface area contributed by atoms with Crippen LogP contribution in [0.1, 0.15) is 24.8 Å². The van der Waals surface area contributed by atoms with Crippen LogP contribution in [-0.4, -0.2) is 24.7 Å². The van der Waals surface area contributed by atoms with Crippen molar-refractivity contribution in [2.24, 2.45) is 5.92 Å². The first-order chi connectivity index (χ1) is 9.43. The Morgan fingerprint density at radius 1 is 1.55 bits per heavy atom. The second kappa shape index (κ2) is 4.38. The number of hydrogen-bond acceptors (Lipinski definition) is 4. The molecule has 0 saturated carbocycles. The van der Waals surface area contributed by atoms with Crippen molar-refractivity contribution in [3.05, 3.63) is 28.8 Å². The van der Waals surface area contributed by atoms with Crippen LogP contribution in [-0.2, 0) is 14.3 Å². The Kier molecular flexibility index (Phi) is 2.90. The van der Waals surface area contributed by atoms with E-state index in [9.17, 15) is 9.59 Å². The predicted octanol–water partition coefficient (Wildman–Crippen LogP) is 1.84. The van der Waals surface area contributed by atoms with Crippen LogP contribution in [0.25, 0.3) is 0 Å². The van der Waals surface area contributed by atoms with Crippen molar-refractivity contribution in [3.63, 3.8) is 0 Å². The van der Waals surface area contributed by atoms with Gasteiger partial charge in [0.25, 0.3) is 0 Å². The van der Waals surface area contributed by atoms with Gasteiger partial charge in [0, 0.05) is 22.9 Å². The van der Waals surface area contributed by atoms with Crippen LogP contribution in [0.15, 0.2) is 18.2 Å². The van der Waals surface area contributed by atoms with E-state index in [1.54, 1.807) is 25.1 Å². The summed E-state index contributed by atoms with van der Waals surface area (Å²) in [5.41, 5.74) is -0.0205. The van der Waals surface area contributed by atoms with Crippen LogP contribution in [0.2, 0.25) is 5.02 Å². The van der Waals surface area contributed by atoms with E-state index in [-0.39, 0.29) is 11.8 Å². The Bertz CT molecular complexity index is 603. The molecule has 1 amide bonds. The van der Waals surface area contributed by atoms with Gasteiger partial charge in [-0.15, -0.1) is 0 Å². The summed E-state index contributed by atoms with van der Waals surface area (Å²) in [4.78, 5) is 24.1. The van der Waals surface area contributed by atoms with Crippen molar-refractivity contribution in [3.8, 4) is 5.75 Å². The van der Waals surface area contributed by atoms with Crippen molar-refractivity contribution >= 4 is 23.5 Å². The van der Waals surface area contributed by atoms with Crippen LogP contribution in [0.3, 0.4) is 0 Å². The molecule has 2 aliphatic heterocycles. The van der Waals surface area contributed by atoms with Gasteiger partial charge in [-0.3, -0.25) is 9.59 Å². The van der Waals surface area contributed by atoms with Gasteiger partial charge >= 0.3 is 5.97 Å². The van der Waals surface area contributed by atoms with Crippen molar-refractivity contribution in [1.29, 1.82) is 0 Å². The molecule has 6 heteroatoms. The molecule has 2 heterocycles. The summed E-state index contributed by atoms with van der Waals surface area (Å²) < 4.78 is 10.6. The number of hydrogen-bond donors (Lipinski definition) is 1. The zero-order valence-electron chi connectivity index (χ0n) is 11.1. The average Bonchev–Trinajstić information content (AvgIpc) is 2.38. The summed E-state index contributed by atoms with van der Waals surface area (Å²) in [5, 5.41) is 3.30. The Balaban J connectivity index is 2.12. The Labute approximate surface area is 121 Å². The first-order valence-corrected chi connectivity index (χ1v) is 6.70. The first-order valence-electron chi connectivity index (χ1n) is 6.32. The molecule has 0 aromatic heterocycles. The molecular formula is C14H14ClNO4. The van der Waals surface area contributed by atoms with Crippen LogP contribution < -0.4 is 10.1 Å². The van der Waals surface area contributed by atoms with E-state index in [4.69, 9.17) is 21.1 Å². The van der Waals surface area contributed by atoms with E-state index < -0.39 is 17.6 Å². The third-order valence-electron chi connectivity index (χ3n) is 3.84. The highest BCUT2D eigenvalue weighted by Crippen LogP contribution is 2.47. The summed E-state index contributed by atoms with van der Waals surface area (Å²) in [6.07, 6.45) is 0.506. The zero-order valence-corrected chi connectivity index (χ0v) is 11.9. The highest BCUT2D eigenvalue weighted by Gasteiger charge is 2.52. The fourth-order valence-electron chi connectivity index (χ4n) is 3.01. The lowest BCUT2D eigenvalue weighted by Crippen LogP contribution is -2.62. The van der Waals surface area contributed by atoms with Crippen LogP contribution >= 0.6 is 11.6 Å². The van der Waals surface area contributed by atoms with Crippen molar-refractivity contribution in [2.45, 2.75) is 25.0 Å². The van der Waals surface area contributed by atoms with Gasteiger partial charge in [-0.2, -0.15) is 0 Å². The number of fused-ring (bicyclic) bond motifs is 4. The van der Waals surface area contributed by atoms with E-state index in [1.807, 2.05) is 0 Å². The standard InChI is InChI=1S/C14H14ClNO4/c1-14-6-9(11(12(17)16-14)13(18)19-2)8-5-7(15)3-4-10(8)20-14/h3-5,9,11H,6H2,1-2H3,(H,16,17)/t9-,11-,14-/m0/s1. The molecular weight excluding hydrogens is 282 g/mol. The number of rotatable bonds is 1. The number of amides is 1. The summed E-state index contributed by atoms with van der Waals surface area (Å²) in [6.45, 7) is 1.79.